The average Bonchev–Trinajstić information content (AvgIpc) is 3.06. The molecule has 2 aromatic rings. The van der Waals surface area contributed by atoms with Crippen LogP contribution in [0.25, 0.3) is 0 Å². The van der Waals surface area contributed by atoms with E-state index in [0.29, 0.717) is 5.56 Å². The number of nitrogens with one attached hydrogen (secondary N) is 2. The van der Waals surface area contributed by atoms with E-state index in [2.05, 4.69) is 27.6 Å². The minimum Gasteiger partial charge on any atom is -0.489 e. The maximum Gasteiger partial charge on any atom is 0.291 e. The predicted molar refractivity (Wildman–Crippen MR) is 103 cm³/mol. The highest BCUT2D eigenvalue weighted by atomic mass is 19.1. The fourth-order valence-corrected chi connectivity index (χ4v) is 3.87. The zero-order chi connectivity index (χ0) is 20.5. The number of rotatable bonds is 4. The van der Waals surface area contributed by atoms with Crippen LogP contribution in [0.15, 0.2) is 12.1 Å². The van der Waals surface area contributed by atoms with E-state index in [4.69, 9.17) is 4.74 Å². The van der Waals surface area contributed by atoms with Crippen molar-refractivity contribution >= 4 is 17.5 Å². The summed E-state index contributed by atoms with van der Waals surface area (Å²) in [6.45, 7) is 3.74. The summed E-state index contributed by atoms with van der Waals surface area (Å²) in [4.78, 5) is 29.6. The number of carbonyl (C=O) groups excluding carboxylic acids is 2. The molecular weight excluding hydrogens is 377 g/mol. The maximum atomic E-state index is 14.2. The van der Waals surface area contributed by atoms with Crippen molar-refractivity contribution in [3.05, 3.63) is 35.2 Å². The van der Waals surface area contributed by atoms with Crippen LogP contribution in [0.3, 0.4) is 0 Å². The summed E-state index contributed by atoms with van der Waals surface area (Å²) in [5.41, 5.74) is 0.655. The Labute approximate surface area is 167 Å². The van der Waals surface area contributed by atoms with Crippen LogP contribution < -0.4 is 15.4 Å². The third-order valence-corrected chi connectivity index (χ3v) is 5.28. The van der Waals surface area contributed by atoms with Crippen LogP contribution >= 0.6 is 0 Å². The highest BCUT2D eigenvalue weighted by Crippen LogP contribution is 2.31. The molecule has 1 unspecified atom stereocenters. The normalized spacial score (nSPS) is 20.7. The minimum atomic E-state index is -0.985. The Morgan fingerprint density at radius 2 is 2.28 bits per heavy atom. The van der Waals surface area contributed by atoms with Crippen LogP contribution in [-0.2, 0) is 11.2 Å². The third kappa shape index (κ3) is 3.81. The van der Waals surface area contributed by atoms with Gasteiger partial charge in [0.05, 0.1) is 6.04 Å². The summed E-state index contributed by atoms with van der Waals surface area (Å²) in [5, 5.41) is 9.50. The quantitative estimate of drug-likeness (QED) is 0.820. The molecule has 2 atom stereocenters. The number of aromatic nitrogens is 3. The second-order valence-corrected chi connectivity index (χ2v) is 7.58. The SMILES string of the molecule is CCCC1CCCc2nc(C(=O)N[C@H]3COc4cc(C)cc(F)c4NC3=O)nn21. The van der Waals surface area contributed by atoms with Crippen LogP contribution in [-0.4, -0.2) is 39.2 Å². The standard InChI is InChI=1S/C20H24FN5O3/c1-3-5-12-6-4-7-16-23-18(25-26(12)16)20(28)22-14-10-29-15-9-11(2)8-13(21)17(15)24-19(14)27/h8-9,12,14H,3-7,10H2,1-2H3,(H,22,28)(H,24,27)/t12?,14-/m0/s1. The number of benzene rings is 1. The molecule has 2 aliphatic rings. The molecule has 2 amide bonds. The molecule has 3 heterocycles. The fourth-order valence-electron chi connectivity index (χ4n) is 3.87. The highest BCUT2D eigenvalue weighted by Gasteiger charge is 2.31. The van der Waals surface area contributed by atoms with Crippen molar-refractivity contribution in [2.24, 2.45) is 0 Å². The largest absolute Gasteiger partial charge is 0.489 e. The van der Waals surface area contributed by atoms with E-state index in [9.17, 15) is 14.0 Å². The number of nitrogens with zero attached hydrogens (tertiary/aromatic N) is 3. The molecule has 0 aliphatic carbocycles. The van der Waals surface area contributed by atoms with Gasteiger partial charge in [-0.2, -0.15) is 0 Å². The number of amides is 2. The van der Waals surface area contributed by atoms with Crippen molar-refractivity contribution in [3.8, 4) is 5.75 Å². The van der Waals surface area contributed by atoms with E-state index in [1.165, 1.54) is 6.07 Å². The third-order valence-electron chi connectivity index (χ3n) is 5.28. The van der Waals surface area contributed by atoms with Crippen LogP contribution in [0.2, 0.25) is 0 Å². The van der Waals surface area contributed by atoms with Crippen molar-refractivity contribution in [1.82, 2.24) is 20.1 Å². The second kappa shape index (κ2) is 7.81. The molecule has 4 rings (SSSR count). The van der Waals surface area contributed by atoms with Crippen molar-refractivity contribution in [3.63, 3.8) is 0 Å². The molecule has 0 saturated carbocycles. The highest BCUT2D eigenvalue weighted by molar-refractivity contribution is 6.01. The molecule has 1 aromatic carbocycles. The van der Waals surface area contributed by atoms with E-state index in [1.54, 1.807) is 13.0 Å². The van der Waals surface area contributed by atoms with E-state index in [0.717, 1.165) is 37.9 Å². The van der Waals surface area contributed by atoms with Crippen molar-refractivity contribution in [2.45, 2.75) is 58.0 Å². The van der Waals surface area contributed by atoms with Gasteiger partial charge in [0.1, 0.15) is 29.9 Å². The average molecular weight is 401 g/mol. The zero-order valence-electron chi connectivity index (χ0n) is 16.5. The topological polar surface area (TPSA) is 98.1 Å². The Hall–Kier alpha value is -2.97. The molecule has 0 spiro atoms. The fraction of sp³-hybridized carbons (Fsp3) is 0.500. The lowest BCUT2D eigenvalue weighted by Gasteiger charge is -2.22. The summed E-state index contributed by atoms with van der Waals surface area (Å²) < 4.78 is 21.6. The lowest BCUT2D eigenvalue weighted by Crippen LogP contribution is -2.46. The molecule has 8 nitrogen and oxygen atoms in total. The van der Waals surface area contributed by atoms with Gasteiger partial charge in [0.2, 0.25) is 5.82 Å². The Morgan fingerprint density at radius 3 is 3.07 bits per heavy atom. The molecule has 29 heavy (non-hydrogen) atoms. The zero-order valence-corrected chi connectivity index (χ0v) is 16.5. The molecule has 154 valence electrons. The number of hydrogen-bond donors (Lipinski definition) is 2. The molecular formula is C20H24FN5O3. The van der Waals surface area contributed by atoms with Crippen molar-refractivity contribution in [2.75, 3.05) is 11.9 Å². The molecule has 2 N–H and O–H groups in total. The second-order valence-electron chi connectivity index (χ2n) is 7.58. The number of anilines is 1. The van der Waals surface area contributed by atoms with Gasteiger partial charge in [-0.25, -0.2) is 14.1 Å². The Morgan fingerprint density at radius 1 is 1.45 bits per heavy atom. The molecule has 9 heteroatoms. The van der Waals surface area contributed by atoms with Gasteiger partial charge in [0.15, 0.2) is 5.82 Å². The van der Waals surface area contributed by atoms with Gasteiger partial charge >= 0.3 is 0 Å². The summed E-state index contributed by atoms with van der Waals surface area (Å²) in [5.74, 6) is -0.594. The molecule has 0 saturated heterocycles. The van der Waals surface area contributed by atoms with Crippen LogP contribution in [0.1, 0.15) is 60.7 Å². The van der Waals surface area contributed by atoms with Crippen LogP contribution in [0, 0.1) is 12.7 Å². The molecule has 0 fully saturated rings. The van der Waals surface area contributed by atoms with Crippen molar-refractivity contribution in [1.29, 1.82) is 0 Å². The summed E-state index contributed by atoms with van der Waals surface area (Å²) in [7, 11) is 0. The van der Waals surface area contributed by atoms with E-state index < -0.39 is 23.7 Å². The van der Waals surface area contributed by atoms with Crippen LogP contribution in [0.5, 0.6) is 5.75 Å². The number of ether oxygens (including phenoxy) is 1. The van der Waals surface area contributed by atoms with Gasteiger partial charge in [-0.1, -0.05) is 13.3 Å². The van der Waals surface area contributed by atoms with Gasteiger partial charge in [-0.05, 0) is 43.9 Å². The predicted octanol–water partition coefficient (Wildman–Crippen LogP) is 2.53. The molecule has 1 aromatic heterocycles. The first-order valence-electron chi connectivity index (χ1n) is 9.96. The van der Waals surface area contributed by atoms with Gasteiger partial charge in [-0.3, -0.25) is 9.59 Å². The lowest BCUT2D eigenvalue weighted by molar-refractivity contribution is -0.118. The van der Waals surface area contributed by atoms with Gasteiger partial charge in [0.25, 0.3) is 11.8 Å². The van der Waals surface area contributed by atoms with Crippen LogP contribution in [0.4, 0.5) is 10.1 Å². The maximum absolute atomic E-state index is 14.2. The van der Waals surface area contributed by atoms with E-state index in [1.807, 2.05) is 4.68 Å². The van der Waals surface area contributed by atoms with E-state index >= 15 is 0 Å². The Balaban J connectivity index is 1.49. The first-order valence-corrected chi connectivity index (χ1v) is 9.96. The number of hydrogen-bond acceptors (Lipinski definition) is 5. The van der Waals surface area contributed by atoms with E-state index in [-0.39, 0.29) is 29.9 Å². The monoisotopic (exact) mass is 401 g/mol. The summed E-state index contributed by atoms with van der Waals surface area (Å²) >= 11 is 0. The number of halogens is 1. The number of fused-ring (bicyclic) bond motifs is 2. The van der Waals surface area contributed by atoms with Gasteiger partial charge in [-0.15, -0.1) is 5.10 Å². The first-order chi connectivity index (χ1) is 14.0. The Bertz CT molecular complexity index is 958. The van der Waals surface area contributed by atoms with Gasteiger partial charge < -0.3 is 15.4 Å². The number of carbonyl (C=O) groups is 2. The summed E-state index contributed by atoms with van der Waals surface area (Å²) in [6.07, 6.45) is 4.84. The van der Waals surface area contributed by atoms with Crippen molar-refractivity contribution < 1.29 is 18.7 Å². The molecule has 0 bridgehead atoms. The molecule has 2 aliphatic heterocycles. The van der Waals surface area contributed by atoms with Gasteiger partial charge in [0, 0.05) is 6.42 Å². The Kier molecular flexibility index (Phi) is 5.21. The molecule has 0 radical (unpaired) electrons. The number of aryl methyl sites for hydroxylation is 2. The first kappa shape index (κ1) is 19.4. The smallest absolute Gasteiger partial charge is 0.291 e. The lowest BCUT2D eigenvalue weighted by atomic mass is 10.0. The summed E-state index contributed by atoms with van der Waals surface area (Å²) in [6, 6.07) is 2.22. The minimum absolute atomic E-state index is 0.0182.